The third kappa shape index (κ3) is 11.7. The van der Waals surface area contributed by atoms with Crippen LogP contribution in [0.4, 0.5) is 0 Å². The molecule has 0 aliphatic carbocycles. The van der Waals surface area contributed by atoms with E-state index in [4.69, 9.17) is 11.6 Å². The van der Waals surface area contributed by atoms with Crippen molar-refractivity contribution in [1.82, 2.24) is 0 Å². The van der Waals surface area contributed by atoms with Gasteiger partial charge in [-0.1, -0.05) is 39.0 Å². The first kappa shape index (κ1) is 20.4. The van der Waals surface area contributed by atoms with Gasteiger partial charge in [-0.3, -0.25) is 4.79 Å². The van der Waals surface area contributed by atoms with Crippen LogP contribution in [0.15, 0.2) is 0 Å². The fraction of sp³-hybridized carbons (Fsp3) is 0.857. The minimum Gasteiger partial charge on any atom is -0.392 e. The Balaban J connectivity index is 3.86. The fourth-order valence-electron chi connectivity index (χ4n) is 1.69. The molecule has 0 saturated carbocycles. The highest BCUT2D eigenvalue weighted by Gasteiger charge is 2.18. The Morgan fingerprint density at radius 3 is 2.19 bits per heavy atom. The molecule has 0 bridgehead atoms. The molecule has 0 spiro atoms. The highest BCUT2D eigenvalue weighted by atomic mass is 35.5. The van der Waals surface area contributed by atoms with Gasteiger partial charge in [-0.2, -0.15) is 0 Å². The second kappa shape index (κ2) is 11.0. The van der Waals surface area contributed by atoms with E-state index < -0.39 is 27.2 Å². The molecule has 0 aliphatic heterocycles. The Bertz CT molecular complexity index is 417. The minimum atomic E-state index is -3.27. The van der Waals surface area contributed by atoms with Gasteiger partial charge in [-0.15, -0.1) is 11.6 Å². The summed E-state index contributed by atoms with van der Waals surface area (Å²) in [5.74, 6) is -1.91. The van der Waals surface area contributed by atoms with Crippen molar-refractivity contribution in [2.24, 2.45) is 0 Å². The summed E-state index contributed by atoms with van der Waals surface area (Å²) in [5.41, 5.74) is 0. The predicted octanol–water partition coefficient (Wildman–Crippen LogP) is 2.85. The molecule has 0 aromatic rings. The molecule has 1 atom stereocenters. The second-order valence-electron chi connectivity index (χ2n) is 5.08. The molecule has 0 fully saturated rings. The maximum absolute atomic E-state index is 11.7. The van der Waals surface area contributed by atoms with E-state index in [1.807, 2.05) is 0 Å². The highest BCUT2D eigenvalue weighted by molar-refractivity contribution is 7.91. The van der Waals surface area contributed by atoms with E-state index in [9.17, 15) is 18.0 Å². The van der Waals surface area contributed by atoms with E-state index >= 15 is 0 Å². The second-order valence-corrected chi connectivity index (χ2v) is 8.04. The molecule has 124 valence electrons. The van der Waals surface area contributed by atoms with Gasteiger partial charge < -0.3 is 4.74 Å². The van der Waals surface area contributed by atoms with Gasteiger partial charge in [-0.25, -0.2) is 13.2 Å². The topological polar surface area (TPSA) is 77.5 Å². The lowest BCUT2D eigenvalue weighted by Gasteiger charge is -2.05. The van der Waals surface area contributed by atoms with Crippen molar-refractivity contribution >= 4 is 33.4 Å². The zero-order valence-electron chi connectivity index (χ0n) is 12.8. The molecule has 0 N–H and O–H groups in total. The summed E-state index contributed by atoms with van der Waals surface area (Å²) in [7, 11) is -3.27. The first-order valence-corrected chi connectivity index (χ1v) is 9.63. The number of hydrogen-bond acceptors (Lipinski definition) is 5. The summed E-state index contributed by atoms with van der Waals surface area (Å²) in [6, 6.07) is 0. The summed E-state index contributed by atoms with van der Waals surface area (Å²) in [5, 5.41) is -0.923. The van der Waals surface area contributed by atoms with Crippen LogP contribution in [0.25, 0.3) is 0 Å². The molecule has 0 aromatic heterocycles. The lowest BCUT2D eigenvalue weighted by Crippen LogP contribution is -2.22. The normalized spacial score (nSPS) is 12.9. The number of sulfone groups is 1. The summed E-state index contributed by atoms with van der Waals surface area (Å²) in [6.07, 6.45) is 5.67. The van der Waals surface area contributed by atoms with E-state index in [1.165, 1.54) is 13.3 Å². The van der Waals surface area contributed by atoms with Gasteiger partial charge in [0.25, 0.3) is 0 Å². The van der Waals surface area contributed by atoms with Crippen molar-refractivity contribution in [1.29, 1.82) is 0 Å². The Kier molecular flexibility index (Phi) is 10.7. The Hall–Kier alpha value is -0.620. The van der Waals surface area contributed by atoms with Crippen molar-refractivity contribution < 1.29 is 22.7 Å². The van der Waals surface area contributed by atoms with Gasteiger partial charge in [0.15, 0.2) is 9.84 Å². The Morgan fingerprint density at radius 1 is 1.05 bits per heavy atom. The lowest BCUT2D eigenvalue weighted by molar-refractivity contribution is -0.158. The van der Waals surface area contributed by atoms with Gasteiger partial charge in [0, 0.05) is 0 Å². The van der Waals surface area contributed by atoms with E-state index in [0.717, 1.165) is 25.7 Å². The van der Waals surface area contributed by atoms with Crippen LogP contribution in [0.1, 0.15) is 58.8 Å². The van der Waals surface area contributed by atoms with Crippen LogP contribution in [0.5, 0.6) is 0 Å². The van der Waals surface area contributed by atoms with Gasteiger partial charge in [0.2, 0.25) is 0 Å². The van der Waals surface area contributed by atoms with Gasteiger partial charge >= 0.3 is 11.9 Å². The van der Waals surface area contributed by atoms with Crippen LogP contribution in [-0.4, -0.2) is 37.2 Å². The predicted molar refractivity (Wildman–Crippen MR) is 83.1 cm³/mol. The van der Waals surface area contributed by atoms with Crippen LogP contribution in [0, 0.1) is 0 Å². The molecule has 21 heavy (non-hydrogen) atoms. The number of carbonyl (C=O) groups is 2. The number of hydrogen-bond donors (Lipinski definition) is 0. The fourth-order valence-corrected chi connectivity index (χ4v) is 3.06. The molecule has 0 saturated heterocycles. The summed E-state index contributed by atoms with van der Waals surface area (Å²) in [4.78, 5) is 22.3. The standard InChI is InChI=1S/C14H25ClO5S/c1-3-4-5-6-7-8-10-21(18,19)11-9-13(16)20-14(17)12(2)15/h12H,3-11H2,1-2H3. The first-order valence-electron chi connectivity index (χ1n) is 7.37. The number of esters is 2. The molecule has 1 unspecified atom stereocenters. The molecule has 0 amide bonds. The Labute approximate surface area is 132 Å². The molecule has 0 aromatic carbocycles. The van der Waals surface area contributed by atoms with Crippen molar-refractivity contribution in [2.75, 3.05) is 11.5 Å². The molecule has 0 rings (SSSR count). The lowest BCUT2D eigenvalue weighted by atomic mass is 10.1. The van der Waals surface area contributed by atoms with Gasteiger partial charge in [0.05, 0.1) is 17.9 Å². The zero-order chi connectivity index (χ0) is 16.3. The van der Waals surface area contributed by atoms with Crippen LogP contribution in [0.3, 0.4) is 0 Å². The number of unbranched alkanes of at least 4 members (excludes halogenated alkanes) is 5. The summed E-state index contributed by atoms with van der Waals surface area (Å²) < 4.78 is 27.9. The van der Waals surface area contributed by atoms with Crippen molar-refractivity contribution in [3.05, 3.63) is 0 Å². The number of alkyl halides is 1. The molecule has 0 radical (unpaired) electrons. The number of ether oxygens (including phenoxy) is 1. The maximum Gasteiger partial charge on any atom is 0.331 e. The minimum absolute atomic E-state index is 0.0757. The van der Waals surface area contributed by atoms with E-state index in [1.54, 1.807) is 0 Å². The van der Waals surface area contributed by atoms with Crippen molar-refractivity contribution in [3.63, 3.8) is 0 Å². The molecular weight excluding hydrogens is 316 g/mol. The first-order chi connectivity index (χ1) is 9.78. The third-order valence-corrected chi connectivity index (χ3v) is 4.88. The van der Waals surface area contributed by atoms with E-state index in [2.05, 4.69) is 11.7 Å². The quantitative estimate of drug-likeness (QED) is 0.250. The summed E-state index contributed by atoms with van der Waals surface area (Å²) >= 11 is 5.44. The average Bonchev–Trinajstić information content (AvgIpc) is 2.40. The summed E-state index contributed by atoms with van der Waals surface area (Å²) in [6.45, 7) is 3.51. The van der Waals surface area contributed by atoms with Crippen LogP contribution in [-0.2, 0) is 24.2 Å². The van der Waals surface area contributed by atoms with Crippen molar-refractivity contribution in [2.45, 2.75) is 64.2 Å². The van der Waals surface area contributed by atoms with Crippen LogP contribution in [0.2, 0.25) is 0 Å². The SMILES string of the molecule is CCCCCCCCS(=O)(=O)CCC(=O)OC(=O)C(C)Cl. The van der Waals surface area contributed by atoms with Crippen LogP contribution >= 0.6 is 11.6 Å². The average molecular weight is 341 g/mol. The zero-order valence-corrected chi connectivity index (χ0v) is 14.3. The van der Waals surface area contributed by atoms with Crippen LogP contribution < -0.4 is 0 Å². The molecule has 5 nitrogen and oxygen atoms in total. The number of carbonyl (C=O) groups excluding carboxylic acids is 2. The molecule has 0 heterocycles. The monoisotopic (exact) mass is 340 g/mol. The molecular formula is C14H25ClO5S. The molecule has 0 aliphatic rings. The maximum atomic E-state index is 11.7. The number of rotatable bonds is 11. The smallest absolute Gasteiger partial charge is 0.331 e. The largest absolute Gasteiger partial charge is 0.392 e. The third-order valence-electron chi connectivity index (χ3n) is 2.97. The van der Waals surface area contributed by atoms with Gasteiger partial charge in [0.1, 0.15) is 5.38 Å². The van der Waals surface area contributed by atoms with E-state index in [-0.39, 0.29) is 17.9 Å². The van der Waals surface area contributed by atoms with Gasteiger partial charge in [-0.05, 0) is 13.3 Å². The molecule has 7 heteroatoms. The van der Waals surface area contributed by atoms with E-state index in [0.29, 0.717) is 6.42 Å². The Morgan fingerprint density at radius 2 is 1.62 bits per heavy atom. The van der Waals surface area contributed by atoms with Crippen molar-refractivity contribution in [3.8, 4) is 0 Å². The number of halogens is 1. The highest BCUT2D eigenvalue weighted by Crippen LogP contribution is 2.08.